The van der Waals surface area contributed by atoms with Crippen molar-refractivity contribution in [3.63, 3.8) is 0 Å². The van der Waals surface area contributed by atoms with Crippen molar-refractivity contribution in [3.05, 3.63) is 18.6 Å². The monoisotopic (exact) mass is 363 g/mol. The quantitative estimate of drug-likeness (QED) is 0.861. The van der Waals surface area contributed by atoms with Crippen LogP contribution in [0.15, 0.2) is 18.6 Å². The van der Waals surface area contributed by atoms with E-state index >= 15 is 0 Å². The van der Waals surface area contributed by atoms with Crippen LogP contribution in [0.1, 0.15) is 26.7 Å². The molecule has 2 N–H and O–H groups in total. The van der Waals surface area contributed by atoms with Gasteiger partial charge in [-0.3, -0.25) is 9.78 Å². The molecule has 0 unspecified atom stereocenters. The van der Waals surface area contributed by atoms with Gasteiger partial charge >= 0.3 is 0 Å². The molecule has 1 saturated heterocycles. The predicted octanol–water partition coefficient (Wildman–Crippen LogP) is 1.73. The Morgan fingerprint density at radius 2 is 1.78 bits per heavy atom. The molecule has 23 heavy (non-hydrogen) atoms. The van der Waals surface area contributed by atoms with Crippen LogP contribution in [0, 0.1) is 5.41 Å². The molecule has 0 spiro atoms. The third kappa shape index (κ3) is 4.68. The third-order valence-electron chi connectivity index (χ3n) is 4.64. The molecule has 2 heterocycles. The van der Waals surface area contributed by atoms with E-state index in [4.69, 9.17) is 5.73 Å². The number of aromatic nitrogens is 2. The summed E-state index contributed by atoms with van der Waals surface area (Å²) >= 11 is 0. The number of halogens is 2. The van der Waals surface area contributed by atoms with E-state index in [1.807, 2.05) is 18.7 Å². The molecule has 2 rings (SSSR count). The largest absolute Gasteiger partial charge is 0.352 e. The molecule has 0 bridgehead atoms. The normalized spacial score (nSPS) is 14.7. The van der Waals surface area contributed by atoms with Crippen LogP contribution in [0.5, 0.6) is 0 Å². The molecule has 1 aliphatic rings. The lowest BCUT2D eigenvalue weighted by Gasteiger charge is -2.40. The summed E-state index contributed by atoms with van der Waals surface area (Å²) in [6.07, 6.45) is 6.72. The first-order chi connectivity index (χ1) is 10.2. The number of nitrogens with zero attached hydrogens (tertiary/aromatic N) is 4. The van der Waals surface area contributed by atoms with E-state index in [2.05, 4.69) is 14.9 Å². The Balaban J connectivity index is 0.00000242. The number of amides is 1. The minimum absolute atomic E-state index is 0. The van der Waals surface area contributed by atoms with Crippen molar-refractivity contribution in [1.29, 1.82) is 0 Å². The van der Waals surface area contributed by atoms with E-state index in [9.17, 15) is 4.79 Å². The molecule has 0 aromatic carbocycles. The van der Waals surface area contributed by atoms with Crippen LogP contribution < -0.4 is 10.6 Å². The molecule has 8 heteroatoms. The number of piperazine rings is 1. The number of carbonyl (C=O) groups excluding carboxylic acids is 1. The minimum Gasteiger partial charge on any atom is -0.352 e. The van der Waals surface area contributed by atoms with Crippen molar-refractivity contribution >= 4 is 36.5 Å². The van der Waals surface area contributed by atoms with Crippen molar-refractivity contribution < 1.29 is 4.79 Å². The number of rotatable bonds is 5. The van der Waals surface area contributed by atoms with Gasteiger partial charge in [-0.05, 0) is 12.8 Å². The van der Waals surface area contributed by atoms with E-state index in [-0.39, 0.29) is 30.7 Å². The molecule has 0 radical (unpaired) electrons. The summed E-state index contributed by atoms with van der Waals surface area (Å²) < 4.78 is 0. The van der Waals surface area contributed by atoms with E-state index in [1.54, 1.807) is 18.6 Å². The second-order valence-electron chi connectivity index (χ2n) is 5.53. The summed E-state index contributed by atoms with van der Waals surface area (Å²) in [4.78, 5) is 25.3. The molecule has 1 aromatic rings. The fraction of sp³-hybridized carbons (Fsp3) is 0.667. The zero-order chi connectivity index (χ0) is 15.3. The highest BCUT2D eigenvalue weighted by Crippen LogP contribution is 2.28. The number of anilines is 1. The van der Waals surface area contributed by atoms with Gasteiger partial charge in [-0.15, -0.1) is 24.8 Å². The number of nitrogens with two attached hydrogens (primary N) is 1. The van der Waals surface area contributed by atoms with E-state index in [1.165, 1.54) is 0 Å². The summed E-state index contributed by atoms with van der Waals surface area (Å²) in [6, 6.07) is 0. The molecule has 1 fully saturated rings. The molecule has 132 valence electrons. The SMILES string of the molecule is CCC(CC)(CN)C(=O)N1CCN(c2cnccn2)CC1.Cl.Cl. The molecular formula is C15H27Cl2N5O. The first-order valence-corrected chi connectivity index (χ1v) is 7.67. The van der Waals surface area contributed by atoms with Gasteiger partial charge < -0.3 is 15.5 Å². The van der Waals surface area contributed by atoms with Crippen LogP contribution in [-0.2, 0) is 4.79 Å². The van der Waals surface area contributed by atoms with Crippen molar-refractivity contribution in [1.82, 2.24) is 14.9 Å². The van der Waals surface area contributed by atoms with Crippen LogP contribution in [0.4, 0.5) is 5.82 Å². The zero-order valence-corrected chi connectivity index (χ0v) is 15.4. The summed E-state index contributed by atoms with van der Waals surface area (Å²) in [6.45, 7) is 7.53. The Labute approximate surface area is 150 Å². The van der Waals surface area contributed by atoms with Gasteiger partial charge in [0, 0.05) is 45.1 Å². The van der Waals surface area contributed by atoms with Crippen LogP contribution in [0.25, 0.3) is 0 Å². The minimum atomic E-state index is -0.394. The Morgan fingerprint density at radius 1 is 1.17 bits per heavy atom. The molecule has 0 aliphatic carbocycles. The number of carbonyl (C=O) groups is 1. The number of hydrogen-bond donors (Lipinski definition) is 1. The van der Waals surface area contributed by atoms with Crippen molar-refractivity contribution in [2.45, 2.75) is 26.7 Å². The zero-order valence-electron chi connectivity index (χ0n) is 13.8. The Kier molecular flexibility index (Phi) is 9.42. The molecular weight excluding hydrogens is 337 g/mol. The summed E-state index contributed by atoms with van der Waals surface area (Å²) in [5, 5.41) is 0. The average Bonchev–Trinajstić information content (AvgIpc) is 2.58. The maximum atomic E-state index is 12.8. The topological polar surface area (TPSA) is 75.4 Å². The predicted molar refractivity (Wildman–Crippen MR) is 97.4 cm³/mol. The van der Waals surface area contributed by atoms with E-state index in [0.29, 0.717) is 6.54 Å². The third-order valence-corrected chi connectivity index (χ3v) is 4.64. The lowest BCUT2D eigenvalue weighted by molar-refractivity contribution is -0.142. The highest BCUT2D eigenvalue weighted by atomic mass is 35.5. The maximum Gasteiger partial charge on any atom is 0.230 e. The van der Waals surface area contributed by atoms with Gasteiger partial charge in [-0.25, -0.2) is 4.98 Å². The molecule has 1 amide bonds. The van der Waals surface area contributed by atoms with Gasteiger partial charge in [-0.1, -0.05) is 13.8 Å². The second-order valence-corrected chi connectivity index (χ2v) is 5.53. The molecule has 1 aromatic heterocycles. The van der Waals surface area contributed by atoms with Crippen molar-refractivity contribution in [2.75, 3.05) is 37.6 Å². The van der Waals surface area contributed by atoms with Gasteiger partial charge in [0.1, 0.15) is 5.82 Å². The van der Waals surface area contributed by atoms with Crippen LogP contribution in [0.3, 0.4) is 0 Å². The first kappa shape index (κ1) is 21.9. The Bertz CT molecular complexity index is 454. The van der Waals surface area contributed by atoms with Crippen LogP contribution >= 0.6 is 24.8 Å². The molecule has 6 nitrogen and oxygen atoms in total. The van der Waals surface area contributed by atoms with Crippen molar-refractivity contribution in [3.8, 4) is 0 Å². The van der Waals surface area contributed by atoms with Crippen LogP contribution in [0.2, 0.25) is 0 Å². The average molecular weight is 364 g/mol. The van der Waals surface area contributed by atoms with Gasteiger partial charge in [0.25, 0.3) is 0 Å². The molecule has 1 aliphatic heterocycles. The standard InChI is InChI=1S/C15H25N5O.2ClH/c1-3-15(4-2,12-16)14(21)20-9-7-19(8-10-20)13-11-17-5-6-18-13;;/h5-6,11H,3-4,7-10,12,16H2,1-2H3;2*1H. The van der Waals surface area contributed by atoms with Gasteiger partial charge in [0.15, 0.2) is 0 Å². The van der Waals surface area contributed by atoms with Crippen LogP contribution in [-0.4, -0.2) is 53.5 Å². The Hall–Kier alpha value is -1.11. The highest BCUT2D eigenvalue weighted by Gasteiger charge is 2.37. The molecule has 0 atom stereocenters. The van der Waals surface area contributed by atoms with Crippen molar-refractivity contribution in [2.24, 2.45) is 11.1 Å². The maximum absolute atomic E-state index is 12.8. The lowest BCUT2D eigenvalue weighted by atomic mass is 9.81. The summed E-state index contributed by atoms with van der Waals surface area (Å²) in [5.74, 6) is 1.08. The van der Waals surface area contributed by atoms with E-state index in [0.717, 1.165) is 44.8 Å². The van der Waals surface area contributed by atoms with Gasteiger partial charge in [-0.2, -0.15) is 0 Å². The number of hydrogen-bond acceptors (Lipinski definition) is 5. The van der Waals surface area contributed by atoms with Gasteiger partial charge in [0.2, 0.25) is 5.91 Å². The smallest absolute Gasteiger partial charge is 0.230 e. The van der Waals surface area contributed by atoms with Gasteiger partial charge in [0.05, 0.1) is 11.6 Å². The second kappa shape index (κ2) is 9.90. The lowest BCUT2D eigenvalue weighted by Crippen LogP contribution is -2.55. The summed E-state index contributed by atoms with van der Waals surface area (Å²) in [7, 11) is 0. The summed E-state index contributed by atoms with van der Waals surface area (Å²) in [5.41, 5.74) is 5.48. The first-order valence-electron chi connectivity index (χ1n) is 7.67. The molecule has 0 saturated carbocycles. The fourth-order valence-electron chi connectivity index (χ4n) is 2.86. The fourth-order valence-corrected chi connectivity index (χ4v) is 2.86. The Morgan fingerprint density at radius 3 is 2.22 bits per heavy atom. The highest BCUT2D eigenvalue weighted by molar-refractivity contribution is 5.85. The van der Waals surface area contributed by atoms with E-state index < -0.39 is 5.41 Å².